The highest BCUT2D eigenvalue weighted by Crippen LogP contribution is 2.38. The van der Waals surface area contributed by atoms with Crippen molar-refractivity contribution in [3.8, 4) is 0 Å². The maximum absolute atomic E-state index is 10.7. The second-order valence-electron chi connectivity index (χ2n) is 3.11. The van der Waals surface area contributed by atoms with Gasteiger partial charge < -0.3 is 14.3 Å². The minimum absolute atomic E-state index is 0.0240. The summed E-state index contributed by atoms with van der Waals surface area (Å²) >= 11 is -1.90. The van der Waals surface area contributed by atoms with Gasteiger partial charge in [0.25, 0.3) is 0 Å². The molecular weight excluding hydrogens is 239 g/mol. The highest BCUT2D eigenvalue weighted by molar-refractivity contribution is 7.78. The van der Waals surface area contributed by atoms with Crippen molar-refractivity contribution in [2.45, 2.75) is 11.9 Å². The summed E-state index contributed by atoms with van der Waals surface area (Å²) in [7, 11) is -4.04. The Bertz CT molecular complexity index is 396. The molecule has 1 atom stereocenters. The Morgan fingerprint density at radius 2 is 1.60 bits per heavy atom. The molecule has 0 aromatic heterocycles. The first-order valence-electron chi connectivity index (χ1n) is 4.07. The van der Waals surface area contributed by atoms with Crippen LogP contribution in [0.25, 0.3) is 0 Å². The molecule has 5 nitrogen and oxygen atoms in total. The monoisotopic (exact) mass is 250 g/mol. The predicted octanol–water partition coefficient (Wildman–Crippen LogP) is 1.09. The molecular formula is C8H11O5PS. The van der Waals surface area contributed by atoms with Crippen molar-refractivity contribution in [1.29, 1.82) is 0 Å². The maximum atomic E-state index is 10.7. The van der Waals surface area contributed by atoms with Crippen LogP contribution in [0.4, 0.5) is 0 Å². The first kappa shape index (κ1) is 12.5. The van der Waals surface area contributed by atoms with Gasteiger partial charge >= 0.3 is 7.60 Å². The van der Waals surface area contributed by atoms with E-state index in [1.807, 2.05) is 0 Å². The molecule has 1 rings (SSSR count). The molecule has 0 bridgehead atoms. The Hall–Kier alpha value is -0.520. The van der Waals surface area contributed by atoms with Crippen LogP contribution in [0.3, 0.4) is 0 Å². The van der Waals surface area contributed by atoms with Gasteiger partial charge in [-0.2, -0.15) is 0 Å². The predicted molar refractivity (Wildman–Crippen MR) is 56.7 cm³/mol. The second-order valence-corrected chi connectivity index (χ2v) is 5.68. The minimum atomic E-state index is -4.04. The third kappa shape index (κ3) is 5.20. The van der Waals surface area contributed by atoms with Crippen molar-refractivity contribution in [2.24, 2.45) is 0 Å². The van der Waals surface area contributed by atoms with Crippen LogP contribution in [-0.2, 0) is 27.6 Å². The van der Waals surface area contributed by atoms with Gasteiger partial charge in [-0.1, -0.05) is 24.3 Å². The summed E-state index contributed by atoms with van der Waals surface area (Å²) in [5.41, 5.74) is 1.17. The summed E-state index contributed by atoms with van der Waals surface area (Å²) < 4.78 is 29.7. The van der Waals surface area contributed by atoms with E-state index in [9.17, 15) is 8.77 Å². The van der Waals surface area contributed by atoms with Gasteiger partial charge in [0.05, 0.1) is 11.9 Å². The van der Waals surface area contributed by atoms with Gasteiger partial charge in [-0.15, -0.1) is 0 Å². The normalized spacial score (nSPS) is 13.8. The third-order valence-corrected chi connectivity index (χ3v) is 3.06. The van der Waals surface area contributed by atoms with Crippen molar-refractivity contribution in [1.82, 2.24) is 0 Å². The summed E-state index contributed by atoms with van der Waals surface area (Å²) in [5, 5.41) is 0. The van der Waals surface area contributed by atoms with Crippen molar-refractivity contribution in [3.05, 3.63) is 35.4 Å². The van der Waals surface area contributed by atoms with Gasteiger partial charge in [-0.05, 0) is 11.1 Å². The average Bonchev–Trinajstić information content (AvgIpc) is 2.05. The topological polar surface area (TPSA) is 94.8 Å². The second kappa shape index (κ2) is 5.01. The lowest BCUT2D eigenvalue weighted by Crippen LogP contribution is -1.93. The summed E-state index contributed by atoms with van der Waals surface area (Å²) in [6.45, 7) is 0. The molecule has 1 aromatic rings. The van der Waals surface area contributed by atoms with E-state index < -0.39 is 18.7 Å². The maximum Gasteiger partial charge on any atom is 0.329 e. The quantitative estimate of drug-likeness (QED) is 0.549. The Kier molecular flexibility index (Phi) is 4.19. The highest BCUT2D eigenvalue weighted by atomic mass is 32.2. The van der Waals surface area contributed by atoms with Crippen LogP contribution >= 0.6 is 7.60 Å². The van der Waals surface area contributed by atoms with Gasteiger partial charge in [0.1, 0.15) is 0 Å². The smallest absolute Gasteiger partial charge is 0.324 e. The fourth-order valence-corrected chi connectivity index (χ4v) is 2.29. The Balaban J connectivity index is 2.72. The zero-order valence-corrected chi connectivity index (χ0v) is 9.45. The van der Waals surface area contributed by atoms with Crippen LogP contribution in [0.5, 0.6) is 0 Å². The standard InChI is InChI=1S/C8H11O5PS/c9-14(10,11)5-7-1-3-8(4-2-7)6-15(12)13/h1-4H,5-6H2,(H,12,13)(H2,9,10,11). The zero-order valence-electron chi connectivity index (χ0n) is 7.74. The van der Waals surface area contributed by atoms with Gasteiger partial charge in [-0.3, -0.25) is 4.57 Å². The van der Waals surface area contributed by atoms with Crippen LogP contribution in [-0.4, -0.2) is 18.5 Å². The zero-order chi connectivity index (χ0) is 11.5. The van der Waals surface area contributed by atoms with Crippen LogP contribution in [0.2, 0.25) is 0 Å². The molecule has 84 valence electrons. The highest BCUT2D eigenvalue weighted by Gasteiger charge is 2.13. The van der Waals surface area contributed by atoms with Crippen LogP contribution in [0.1, 0.15) is 11.1 Å². The molecule has 0 spiro atoms. The summed E-state index contributed by atoms with van der Waals surface area (Å²) in [6.07, 6.45) is -0.310. The summed E-state index contributed by atoms with van der Waals surface area (Å²) in [6, 6.07) is 6.25. The fourth-order valence-electron chi connectivity index (χ4n) is 1.12. The van der Waals surface area contributed by atoms with E-state index in [4.69, 9.17) is 14.3 Å². The molecule has 0 amide bonds. The molecule has 0 aliphatic carbocycles. The van der Waals surface area contributed by atoms with E-state index in [1.54, 1.807) is 24.3 Å². The Morgan fingerprint density at radius 3 is 2.00 bits per heavy atom. The minimum Gasteiger partial charge on any atom is -0.324 e. The molecule has 0 fully saturated rings. The fraction of sp³-hybridized carbons (Fsp3) is 0.250. The molecule has 3 N–H and O–H groups in total. The van der Waals surface area contributed by atoms with Crippen molar-refractivity contribution in [2.75, 3.05) is 0 Å². The van der Waals surface area contributed by atoms with E-state index in [2.05, 4.69) is 0 Å². The molecule has 0 aliphatic heterocycles. The van der Waals surface area contributed by atoms with Crippen LogP contribution < -0.4 is 0 Å². The number of hydrogen-bond donors (Lipinski definition) is 3. The van der Waals surface area contributed by atoms with Gasteiger partial charge in [-0.25, -0.2) is 4.21 Å². The Morgan fingerprint density at radius 1 is 1.13 bits per heavy atom. The first-order valence-corrected chi connectivity index (χ1v) is 7.14. The Labute approximate surface area is 89.6 Å². The van der Waals surface area contributed by atoms with Crippen LogP contribution in [0.15, 0.2) is 24.3 Å². The SMILES string of the molecule is O=S(O)Cc1ccc(CP(=O)(O)O)cc1. The van der Waals surface area contributed by atoms with Crippen molar-refractivity contribution >= 4 is 18.7 Å². The molecule has 0 heterocycles. The lowest BCUT2D eigenvalue weighted by molar-refractivity contribution is 0.371. The largest absolute Gasteiger partial charge is 0.329 e. The third-order valence-electron chi connectivity index (χ3n) is 1.70. The van der Waals surface area contributed by atoms with E-state index in [0.717, 1.165) is 0 Å². The number of rotatable bonds is 4. The first-order chi connectivity index (χ1) is 6.87. The summed E-state index contributed by atoms with van der Waals surface area (Å²) in [4.78, 5) is 17.4. The molecule has 1 unspecified atom stereocenters. The van der Waals surface area contributed by atoms with E-state index in [1.165, 1.54) is 0 Å². The molecule has 0 aliphatic rings. The van der Waals surface area contributed by atoms with E-state index in [0.29, 0.717) is 11.1 Å². The molecule has 0 radical (unpaired) electrons. The molecule has 0 saturated carbocycles. The summed E-state index contributed by atoms with van der Waals surface area (Å²) in [5.74, 6) is 0.0240. The van der Waals surface area contributed by atoms with Crippen molar-refractivity contribution in [3.63, 3.8) is 0 Å². The van der Waals surface area contributed by atoms with Crippen molar-refractivity contribution < 1.29 is 23.1 Å². The lowest BCUT2D eigenvalue weighted by Gasteiger charge is -2.04. The molecule has 15 heavy (non-hydrogen) atoms. The van der Waals surface area contributed by atoms with E-state index in [-0.39, 0.29) is 11.9 Å². The number of hydrogen-bond acceptors (Lipinski definition) is 2. The van der Waals surface area contributed by atoms with Crippen LogP contribution in [0, 0.1) is 0 Å². The van der Waals surface area contributed by atoms with Gasteiger partial charge in [0, 0.05) is 0 Å². The molecule has 7 heteroatoms. The molecule has 0 saturated heterocycles. The lowest BCUT2D eigenvalue weighted by atomic mass is 10.2. The molecule has 1 aromatic carbocycles. The van der Waals surface area contributed by atoms with E-state index >= 15 is 0 Å². The average molecular weight is 250 g/mol. The number of benzene rings is 1. The van der Waals surface area contributed by atoms with Gasteiger partial charge in [0.2, 0.25) is 0 Å². The van der Waals surface area contributed by atoms with Gasteiger partial charge in [0.15, 0.2) is 11.1 Å².